The van der Waals surface area contributed by atoms with E-state index in [1.807, 2.05) is 6.07 Å². The second-order valence-electron chi connectivity index (χ2n) is 3.63. The maximum atomic E-state index is 11.7. The molecule has 0 atom stereocenters. The van der Waals surface area contributed by atoms with Crippen LogP contribution in [0.4, 0.5) is 5.69 Å². The minimum Gasteiger partial charge on any atom is -0.456 e. The van der Waals surface area contributed by atoms with E-state index in [-0.39, 0.29) is 6.61 Å². The fourth-order valence-electron chi connectivity index (χ4n) is 1.36. The van der Waals surface area contributed by atoms with Crippen molar-refractivity contribution in [2.75, 3.05) is 5.73 Å². The monoisotopic (exact) mass is 262 g/mol. The van der Waals surface area contributed by atoms with Crippen molar-refractivity contribution >= 4 is 23.3 Å². The molecule has 0 aliphatic carbocycles. The average molecular weight is 263 g/mol. The molecule has 0 fully saturated rings. The number of aromatic nitrogens is 1. The number of nitrogens with zero attached hydrogens (tertiary/aromatic N) is 1. The van der Waals surface area contributed by atoms with E-state index in [2.05, 4.69) is 4.98 Å². The maximum absolute atomic E-state index is 11.7. The van der Waals surface area contributed by atoms with E-state index in [0.717, 1.165) is 0 Å². The topological polar surface area (TPSA) is 65.2 Å². The van der Waals surface area contributed by atoms with Gasteiger partial charge in [-0.25, -0.2) is 4.79 Å². The molecule has 0 aliphatic heterocycles. The summed E-state index contributed by atoms with van der Waals surface area (Å²) in [5.41, 5.74) is 7.04. The zero-order chi connectivity index (χ0) is 13.0. The molecule has 0 spiro atoms. The van der Waals surface area contributed by atoms with Crippen molar-refractivity contribution in [2.45, 2.75) is 6.61 Å². The Labute approximate surface area is 109 Å². The summed E-state index contributed by atoms with van der Waals surface area (Å²) in [6.45, 7) is 0.127. The van der Waals surface area contributed by atoms with E-state index >= 15 is 0 Å². The first-order chi connectivity index (χ1) is 8.66. The van der Waals surface area contributed by atoms with Gasteiger partial charge in [-0.2, -0.15) is 0 Å². The molecule has 0 saturated heterocycles. The number of pyridine rings is 1. The van der Waals surface area contributed by atoms with Crippen molar-refractivity contribution in [1.82, 2.24) is 4.98 Å². The van der Waals surface area contributed by atoms with Crippen molar-refractivity contribution in [1.29, 1.82) is 0 Å². The lowest BCUT2D eigenvalue weighted by Gasteiger charge is -2.05. The Balaban J connectivity index is 2.02. The van der Waals surface area contributed by atoms with Gasteiger partial charge in [0.15, 0.2) is 0 Å². The number of ether oxygens (including phenoxy) is 1. The number of esters is 1. The molecule has 0 unspecified atom stereocenters. The van der Waals surface area contributed by atoms with Crippen molar-refractivity contribution < 1.29 is 9.53 Å². The molecule has 0 radical (unpaired) electrons. The van der Waals surface area contributed by atoms with Gasteiger partial charge in [-0.3, -0.25) is 4.98 Å². The van der Waals surface area contributed by atoms with E-state index in [4.69, 9.17) is 22.1 Å². The van der Waals surface area contributed by atoms with E-state index in [1.165, 1.54) is 6.07 Å². The summed E-state index contributed by atoms with van der Waals surface area (Å²) in [7, 11) is 0. The SMILES string of the molecule is Nc1ccc(C(=O)OCc2ccccn2)cc1Cl. The van der Waals surface area contributed by atoms with Crippen LogP contribution in [0, 0.1) is 0 Å². The number of hydrogen-bond donors (Lipinski definition) is 1. The Hall–Kier alpha value is -2.07. The summed E-state index contributed by atoms with van der Waals surface area (Å²) in [5, 5.41) is 0.335. The van der Waals surface area contributed by atoms with Crippen LogP contribution in [-0.4, -0.2) is 11.0 Å². The molecule has 0 aliphatic rings. The van der Waals surface area contributed by atoms with Gasteiger partial charge in [-0.1, -0.05) is 17.7 Å². The molecule has 5 heteroatoms. The first kappa shape index (κ1) is 12.4. The number of hydrogen-bond acceptors (Lipinski definition) is 4. The third-order valence-corrected chi connectivity index (χ3v) is 2.64. The van der Waals surface area contributed by atoms with Crippen LogP contribution in [0.3, 0.4) is 0 Å². The molecule has 1 aromatic carbocycles. The Bertz CT molecular complexity index is 558. The highest BCUT2D eigenvalue weighted by molar-refractivity contribution is 6.33. The van der Waals surface area contributed by atoms with Gasteiger partial charge in [0.1, 0.15) is 6.61 Å². The predicted octanol–water partition coefficient (Wildman–Crippen LogP) is 2.67. The summed E-state index contributed by atoms with van der Waals surface area (Å²) < 4.78 is 5.11. The number of carbonyl (C=O) groups is 1. The van der Waals surface area contributed by atoms with Crippen LogP contribution in [-0.2, 0) is 11.3 Å². The molecular weight excluding hydrogens is 252 g/mol. The molecule has 0 amide bonds. The van der Waals surface area contributed by atoms with Crippen LogP contribution in [0.1, 0.15) is 16.1 Å². The van der Waals surface area contributed by atoms with E-state index in [1.54, 1.807) is 30.5 Å². The fourth-order valence-corrected chi connectivity index (χ4v) is 1.54. The molecule has 1 heterocycles. The number of nitrogen functional groups attached to an aromatic ring is 1. The normalized spacial score (nSPS) is 10.1. The Morgan fingerprint density at radius 2 is 2.17 bits per heavy atom. The lowest BCUT2D eigenvalue weighted by Crippen LogP contribution is -2.06. The highest BCUT2D eigenvalue weighted by Gasteiger charge is 2.09. The van der Waals surface area contributed by atoms with Gasteiger partial charge in [0, 0.05) is 6.20 Å². The minimum atomic E-state index is -0.456. The largest absolute Gasteiger partial charge is 0.456 e. The molecule has 2 N–H and O–H groups in total. The molecule has 0 saturated carbocycles. The third-order valence-electron chi connectivity index (χ3n) is 2.31. The van der Waals surface area contributed by atoms with Gasteiger partial charge in [-0.05, 0) is 30.3 Å². The molecular formula is C13H11ClN2O2. The highest BCUT2D eigenvalue weighted by atomic mass is 35.5. The van der Waals surface area contributed by atoms with Crippen molar-refractivity contribution in [3.05, 3.63) is 58.9 Å². The fraction of sp³-hybridized carbons (Fsp3) is 0.0769. The highest BCUT2D eigenvalue weighted by Crippen LogP contribution is 2.20. The molecule has 2 aromatic rings. The average Bonchev–Trinajstić information content (AvgIpc) is 2.40. The Kier molecular flexibility index (Phi) is 3.79. The lowest BCUT2D eigenvalue weighted by atomic mass is 10.2. The maximum Gasteiger partial charge on any atom is 0.338 e. The predicted molar refractivity (Wildman–Crippen MR) is 69.2 cm³/mol. The van der Waals surface area contributed by atoms with Crippen molar-refractivity contribution in [2.24, 2.45) is 0 Å². The zero-order valence-corrected chi connectivity index (χ0v) is 10.2. The van der Waals surface area contributed by atoms with Crippen LogP contribution in [0.5, 0.6) is 0 Å². The number of anilines is 1. The van der Waals surface area contributed by atoms with Crippen LogP contribution < -0.4 is 5.73 Å². The van der Waals surface area contributed by atoms with Crippen molar-refractivity contribution in [3.63, 3.8) is 0 Å². The molecule has 18 heavy (non-hydrogen) atoms. The second-order valence-corrected chi connectivity index (χ2v) is 4.04. The molecule has 0 bridgehead atoms. The summed E-state index contributed by atoms with van der Waals surface area (Å²) >= 11 is 5.83. The van der Waals surface area contributed by atoms with Gasteiger partial charge in [0.05, 0.1) is 22.0 Å². The summed E-state index contributed by atoms with van der Waals surface area (Å²) in [6.07, 6.45) is 1.64. The third kappa shape index (κ3) is 2.99. The number of halogens is 1. The van der Waals surface area contributed by atoms with Gasteiger partial charge in [0.25, 0.3) is 0 Å². The molecule has 2 rings (SSSR count). The van der Waals surface area contributed by atoms with Gasteiger partial charge >= 0.3 is 5.97 Å². The van der Waals surface area contributed by atoms with Crippen LogP contribution in [0.25, 0.3) is 0 Å². The second kappa shape index (κ2) is 5.51. The first-order valence-electron chi connectivity index (χ1n) is 5.29. The number of benzene rings is 1. The van der Waals surface area contributed by atoms with E-state index in [9.17, 15) is 4.79 Å². The number of carbonyl (C=O) groups excluding carboxylic acids is 1. The number of nitrogens with two attached hydrogens (primary N) is 1. The van der Waals surface area contributed by atoms with Crippen LogP contribution >= 0.6 is 11.6 Å². The van der Waals surface area contributed by atoms with Crippen molar-refractivity contribution in [3.8, 4) is 0 Å². The standard InChI is InChI=1S/C13H11ClN2O2/c14-11-7-9(4-5-12(11)15)13(17)18-8-10-3-1-2-6-16-10/h1-7H,8,15H2. The molecule has 92 valence electrons. The van der Waals surface area contributed by atoms with Crippen LogP contribution in [0.2, 0.25) is 5.02 Å². The lowest BCUT2D eigenvalue weighted by molar-refractivity contribution is 0.0468. The Morgan fingerprint density at radius 3 is 2.83 bits per heavy atom. The first-order valence-corrected chi connectivity index (χ1v) is 5.66. The van der Waals surface area contributed by atoms with Gasteiger partial charge in [0.2, 0.25) is 0 Å². The van der Waals surface area contributed by atoms with E-state index < -0.39 is 5.97 Å². The summed E-state index contributed by atoms with van der Waals surface area (Å²) in [6, 6.07) is 10.0. The molecule has 4 nitrogen and oxygen atoms in total. The molecule has 1 aromatic heterocycles. The summed E-state index contributed by atoms with van der Waals surface area (Å²) in [5.74, 6) is -0.456. The van der Waals surface area contributed by atoms with Gasteiger partial charge < -0.3 is 10.5 Å². The Morgan fingerprint density at radius 1 is 1.33 bits per heavy atom. The smallest absolute Gasteiger partial charge is 0.338 e. The quantitative estimate of drug-likeness (QED) is 0.682. The number of rotatable bonds is 3. The van der Waals surface area contributed by atoms with Gasteiger partial charge in [-0.15, -0.1) is 0 Å². The zero-order valence-electron chi connectivity index (χ0n) is 9.47. The minimum absolute atomic E-state index is 0.127. The summed E-state index contributed by atoms with van der Waals surface area (Å²) in [4.78, 5) is 15.8. The van der Waals surface area contributed by atoms with E-state index in [0.29, 0.717) is 22.0 Å². The van der Waals surface area contributed by atoms with Crippen LogP contribution in [0.15, 0.2) is 42.6 Å².